The molecule has 0 atom stereocenters. The second-order valence-corrected chi connectivity index (χ2v) is 14.7. The minimum absolute atomic E-state index is 0.132. The first kappa shape index (κ1) is 28.8. The number of halogens is 2. The molecule has 6 aliphatic rings. The van der Waals surface area contributed by atoms with Gasteiger partial charge in [0.05, 0.1) is 14.6 Å². The van der Waals surface area contributed by atoms with Gasteiger partial charge in [-0.1, -0.05) is 18.2 Å². The summed E-state index contributed by atoms with van der Waals surface area (Å²) in [6.07, 6.45) is 9.29. The monoisotopic (exact) mass is 732 g/mol. The average molecular weight is 734 g/mol. The summed E-state index contributed by atoms with van der Waals surface area (Å²) >= 11 is 7.12. The van der Waals surface area contributed by atoms with Crippen molar-refractivity contribution in [3.63, 3.8) is 0 Å². The predicted molar refractivity (Wildman–Crippen MR) is 174 cm³/mol. The number of hydrogen-bond acceptors (Lipinski definition) is 6. The highest BCUT2D eigenvalue weighted by Crippen LogP contribution is 2.60. The maximum Gasteiger partial charge on any atom is 0.335 e. The summed E-state index contributed by atoms with van der Waals surface area (Å²) < 4.78 is 18.1. The Balaban J connectivity index is 1.01. The number of barbiturate groups is 1. The van der Waals surface area contributed by atoms with Crippen molar-refractivity contribution in [3.05, 3.63) is 85.8 Å². The molecule has 1 saturated heterocycles. The number of amides is 4. The maximum atomic E-state index is 13.6. The first-order valence-corrected chi connectivity index (χ1v) is 16.9. The van der Waals surface area contributed by atoms with E-state index in [-0.39, 0.29) is 24.4 Å². The van der Waals surface area contributed by atoms with Gasteiger partial charge < -0.3 is 14.2 Å². The van der Waals surface area contributed by atoms with Crippen LogP contribution >= 0.6 is 31.9 Å². The van der Waals surface area contributed by atoms with Crippen LogP contribution in [-0.4, -0.2) is 24.6 Å². The van der Waals surface area contributed by atoms with Crippen LogP contribution in [-0.2, 0) is 21.6 Å². The molecule has 0 unspecified atom stereocenters. The molecule has 4 bridgehead atoms. The van der Waals surface area contributed by atoms with Crippen LogP contribution < -0.4 is 24.4 Å². The number of fused-ring (bicyclic) bond motifs is 1. The van der Waals surface area contributed by atoms with Crippen molar-refractivity contribution in [1.29, 1.82) is 0 Å². The Labute approximate surface area is 277 Å². The fraction of sp³-hybridized carbons (Fsp3) is 0.343. The molecule has 5 fully saturated rings. The van der Waals surface area contributed by atoms with Gasteiger partial charge in [0.2, 0.25) is 6.79 Å². The highest BCUT2D eigenvalue weighted by atomic mass is 79.9. The number of ether oxygens (including phenoxy) is 3. The van der Waals surface area contributed by atoms with Crippen molar-refractivity contribution in [2.45, 2.75) is 50.5 Å². The number of carbonyl (C=O) groups excluding carboxylic acids is 3. The molecule has 9 rings (SSSR count). The Morgan fingerprint density at radius 2 is 1.51 bits per heavy atom. The molecule has 10 heteroatoms. The molecule has 2 aliphatic heterocycles. The molecular formula is C35H30Br2N2O6. The molecule has 2 heterocycles. The average Bonchev–Trinajstić information content (AvgIpc) is 3.47. The summed E-state index contributed by atoms with van der Waals surface area (Å²) in [5.41, 5.74) is 3.31. The Bertz CT molecular complexity index is 1730. The Morgan fingerprint density at radius 3 is 2.18 bits per heavy atom. The molecule has 8 nitrogen and oxygen atoms in total. The van der Waals surface area contributed by atoms with Gasteiger partial charge in [-0.15, -0.1) is 0 Å². The van der Waals surface area contributed by atoms with Gasteiger partial charge in [-0.25, -0.2) is 9.69 Å². The summed E-state index contributed by atoms with van der Waals surface area (Å²) in [7, 11) is 0. The highest BCUT2D eigenvalue weighted by Gasteiger charge is 2.51. The van der Waals surface area contributed by atoms with Crippen LogP contribution in [0.1, 0.15) is 55.2 Å². The molecule has 4 aliphatic carbocycles. The fourth-order valence-corrected chi connectivity index (χ4v) is 9.92. The normalized spacial score (nSPS) is 27.3. The molecule has 0 spiro atoms. The first-order chi connectivity index (χ1) is 21.7. The van der Waals surface area contributed by atoms with Crippen molar-refractivity contribution in [2.75, 3.05) is 11.7 Å². The van der Waals surface area contributed by atoms with Crippen molar-refractivity contribution < 1.29 is 28.6 Å². The largest absolute Gasteiger partial charge is 0.487 e. The number of rotatable bonds is 6. The third-order valence-electron chi connectivity index (χ3n) is 10.0. The number of hydrogen-bond donors (Lipinski definition) is 1. The second-order valence-electron chi connectivity index (χ2n) is 13.0. The number of imide groups is 2. The minimum atomic E-state index is -0.751. The van der Waals surface area contributed by atoms with Crippen LogP contribution in [0.15, 0.2) is 69.1 Å². The molecule has 0 aromatic heterocycles. The van der Waals surface area contributed by atoms with E-state index in [0.717, 1.165) is 28.2 Å². The number of urea groups is 1. The van der Waals surface area contributed by atoms with E-state index in [9.17, 15) is 14.4 Å². The Kier molecular flexibility index (Phi) is 7.05. The topological polar surface area (TPSA) is 94.2 Å². The minimum Gasteiger partial charge on any atom is -0.487 e. The van der Waals surface area contributed by atoms with E-state index in [1.165, 1.54) is 50.2 Å². The van der Waals surface area contributed by atoms with Crippen molar-refractivity contribution >= 4 is 61.5 Å². The predicted octanol–water partition coefficient (Wildman–Crippen LogP) is 7.65. The summed E-state index contributed by atoms with van der Waals surface area (Å²) in [5, 5.41) is 2.34. The van der Waals surface area contributed by atoms with Crippen molar-refractivity contribution in [3.8, 4) is 17.2 Å². The van der Waals surface area contributed by atoms with Crippen LogP contribution in [0.2, 0.25) is 0 Å². The maximum absolute atomic E-state index is 13.6. The third kappa shape index (κ3) is 5.16. The van der Waals surface area contributed by atoms with Gasteiger partial charge in [-0.05, 0) is 153 Å². The zero-order chi connectivity index (χ0) is 30.9. The number of carbonyl (C=O) groups is 3. The third-order valence-corrected chi connectivity index (χ3v) is 11.2. The van der Waals surface area contributed by atoms with Gasteiger partial charge in [0.15, 0.2) is 11.5 Å². The van der Waals surface area contributed by atoms with Crippen LogP contribution in [0.3, 0.4) is 0 Å². The van der Waals surface area contributed by atoms with E-state index in [1.54, 1.807) is 12.1 Å². The summed E-state index contributed by atoms with van der Waals surface area (Å²) in [6, 6.07) is 16.3. The van der Waals surface area contributed by atoms with E-state index in [4.69, 9.17) is 14.2 Å². The summed E-state index contributed by atoms with van der Waals surface area (Å²) in [5.74, 6) is 3.00. The van der Waals surface area contributed by atoms with Gasteiger partial charge in [0.1, 0.15) is 17.9 Å². The number of anilines is 1. The van der Waals surface area contributed by atoms with Crippen molar-refractivity contribution in [1.82, 2.24) is 5.32 Å². The zero-order valence-electron chi connectivity index (χ0n) is 24.3. The van der Waals surface area contributed by atoms with Gasteiger partial charge >= 0.3 is 6.03 Å². The van der Waals surface area contributed by atoms with Gasteiger partial charge in [-0.2, -0.15) is 0 Å². The van der Waals surface area contributed by atoms with E-state index < -0.39 is 17.8 Å². The lowest BCUT2D eigenvalue weighted by molar-refractivity contribution is -0.122. The highest BCUT2D eigenvalue weighted by molar-refractivity contribution is 9.11. The van der Waals surface area contributed by atoms with Crippen LogP contribution in [0.5, 0.6) is 17.2 Å². The van der Waals surface area contributed by atoms with Crippen LogP contribution in [0.4, 0.5) is 10.5 Å². The van der Waals surface area contributed by atoms with E-state index >= 15 is 0 Å². The van der Waals surface area contributed by atoms with Gasteiger partial charge in [0.25, 0.3) is 11.8 Å². The molecule has 230 valence electrons. The molecule has 45 heavy (non-hydrogen) atoms. The first-order valence-electron chi connectivity index (χ1n) is 15.3. The smallest absolute Gasteiger partial charge is 0.335 e. The molecular weight excluding hydrogens is 704 g/mol. The van der Waals surface area contributed by atoms with E-state index in [1.807, 2.05) is 30.3 Å². The lowest BCUT2D eigenvalue weighted by Gasteiger charge is -2.57. The molecule has 0 radical (unpaired) electrons. The molecule has 3 aromatic rings. The molecule has 4 amide bonds. The number of nitrogens with one attached hydrogen (secondary N) is 1. The number of benzene rings is 3. The molecule has 4 saturated carbocycles. The number of nitrogens with zero attached hydrogens (tertiary/aromatic N) is 1. The zero-order valence-corrected chi connectivity index (χ0v) is 27.5. The second kappa shape index (κ2) is 11.0. The van der Waals surface area contributed by atoms with Gasteiger partial charge in [-0.3, -0.25) is 14.9 Å². The quantitative estimate of drug-likeness (QED) is 0.207. The SMILES string of the molecule is O=C1NC(=O)N(c2ccc(C34CC5CC(CC(C5)C3)C4)cc2)C(=O)/C1=C/c1cc(Br)c(OCc2ccc3c(c2)OCO3)c(Br)c1. The molecule has 1 N–H and O–H groups in total. The van der Waals surface area contributed by atoms with Crippen LogP contribution in [0, 0.1) is 17.8 Å². The summed E-state index contributed by atoms with van der Waals surface area (Å²) in [4.78, 5) is 40.5. The van der Waals surface area contributed by atoms with Crippen molar-refractivity contribution in [2.24, 2.45) is 17.8 Å². The standard InChI is InChI=1S/C35H30Br2N2O6/c36-27-11-20(12-28(37)31(27)43-17-19-1-6-29-30(13-19)45-18-44-29)10-26-32(40)38-34(42)39(33(26)41)25-4-2-24(3-5-25)35-14-21-7-22(15-35)9-23(8-21)16-35/h1-6,10-13,21-23H,7-9,14-18H2,(H,38,40,42)/b26-10+. The lowest BCUT2D eigenvalue weighted by Crippen LogP contribution is -2.54. The van der Waals surface area contributed by atoms with Crippen LogP contribution in [0.25, 0.3) is 6.08 Å². The lowest BCUT2D eigenvalue weighted by atomic mass is 9.48. The Morgan fingerprint density at radius 1 is 0.867 bits per heavy atom. The Hall–Kier alpha value is -3.63. The van der Waals surface area contributed by atoms with Gasteiger partial charge in [0, 0.05) is 0 Å². The van der Waals surface area contributed by atoms with E-state index in [0.29, 0.717) is 37.4 Å². The summed E-state index contributed by atoms with van der Waals surface area (Å²) in [6.45, 7) is 0.488. The molecule has 3 aromatic carbocycles. The fourth-order valence-electron chi connectivity index (χ4n) is 8.47. The van der Waals surface area contributed by atoms with E-state index in [2.05, 4.69) is 49.3 Å².